The molecule has 1 aliphatic rings. The summed E-state index contributed by atoms with van der Waals surface area (Å²) in [6.07, 6.45) is 0.173. The molecule has 33 heavy (non-hydrogen) atoms. The van der Waals surface area contributed by atoms with Crippen molar-refractivity contribution in [2.45, 2.75) is 23.9 Å². The van der Waals surface area contributed by atoms with Gasteiger partial charge in [-0.3, -0.25) is 10.0 Å². The molecular weight excluding hydrogens is 442 g/mol. The van der Waals surface area contributed by atoms with E-state index < -0.39 is 22.0 Å². The van der Waals surface area contributed by atoms with Crippen molar-refractivity contribution in [2.75, 3.05) is 19.0 Å². The smallest absolute Gasteiger partial charge is 0.262 e. The molecule has 9 heteroatoms. The average Bonchev–Trinajstić information content (AvgIpc) is 2.83. The number of benzene rings is 3. The first kappa shape index (κ1) is 22.8. The van der Waals surface area contributed by atoms with E-state index in [0.717, 1.165) is 21.1 Å². The molecular formula is C24H25N3O5S. The quantitative estimate of drug-likeness (QED) is 0.427. The van der Waals surface area contributed by atoms with E-state index in [1.807, 2.05) is 67.5 Å². The topological polar surface area (TPSA) is 99.2 Å². The predicted molar refractivity (Wildman–Crippen MR) is 124 cm³/mol. The van der Waals surface area contributed by atoms with Crippen LogP contribution in [0.5, 0.6) is 11.5 Å². The zero-order valence-electron chi connectivity index (χ0n) is 18.3. The Morgan fingerprint density at radius 3 is 2.12 bits per heavy atom. The number of rotatable bonds is 6. The molecule has 0 saturated carbocycles. The fraction of sp³-hybridized carbons (Fsp3) is 0.208. The van der Waals surface area contributed by atoms with Gasteiger partial charge in [0, 0.05) is 26.3 Å². The highest BCUT2D eigenvalue weighted by molar-refractivity contribution is 7.89. The van der Waals surface area contributed by atoms with Crippen LogP contribution in [0.2, 0.25) is 0 Å². The fourth-order valence-electron chi connectivity index (χ4n) is 3.81. The molecule has 1 heterocycles. The van der Waals surface area contributed by atoms with Crippen molar-refractivity contribution in [1.29, 1.82) is 0 Å². The lowest BCUT2D eigenvalue weighted by atomic mass is 9.95. The Bertz CT molecular complexity index is 1240. The number of ether oxygens (including phenoxy) is 1. The van der Waals surface area contributed by atoms with Gasteiger partial charge in [-0.2, -0.15) is 4.31 Å². The number of hydrogen-bond acceptors (Lipinski definition) is 6. The molecule has 0 radical (unpaired) electrons. The van der Waals surface area contributed by atoms with Crippen molar-refractivity contribution in [3.05, 3.63) is 83.9 Å². The van der Waals surface area contributed by atoms with E-state index in [4.69, 9.17) is 4.74 Å². The van der Waals surface area contributed by atoms with Crippen LogP contribution in [0, 0.1) is 0 Å². The van der Waals surface area contributed by atoms with Crippen LogP contribution in [0.1, 0.15) is 11.1 Å². The summed E-state index contributed by atoms with van der Waals surface area (Å²) in [7, 11) is -0.115. The van der Waals surface area contributed by atoms with Crippen LogP contribution < -0.4 is 15.1 Å². The van der Waals surface area contributed by atoms with Gasteiger partial charge in [-0.1, -0.05) is 24.3 Å². The van der Waals surface area contributed by atoms with Crippen molar-refractivity contribution in [3.63, 3.8) is 0 Å². The van der Waals surface area contributed by atoms with Crippen LogP contribution >= 0.6 is 0 Å². The molecule has 3 aromatic rings. The van der Waals surface area contributed by atoms with Crippen LogP contribution in [0.3, 0.4) is 0 Å². The summed E-state index contributed by atoms with van der Waals surface area (Å²) < 4.78 is 33.8. The summed E-state index contributed by atoms with van der Waals surface area (Å²) in [5.41, 5.74) is 4.33. The molecule has 0 aromatic heterocycles. The summed E-state index contributed by atoms with van der Waals surface area (Å²) in [5, 5.41) is 9.17. The van der Waals surface area contributed by atoms with Gasteiger partial charge in [0.05, 0.1) is 4.90 Å². The second-order valence-corrected chi connectivity index (χ2v) is 9.87. The van der Waals surface area contributed by atoms with E-state index in [0.29, 0.717) is 11.5 Å². The van der Waals surface area contributed by atoms with Gasteiger partial charge in [0.25, 0.3) is 5.91 Å². The number of carbonyl (C=O) groups excluding carboxylic acids is 1. The molecule has 4 rings (SSSR count). The second-order valence-electron chi connectivity index (χ2n) is 7.98. The van der Waals surface area contributed by atoms with Crippen molar-refractivity contribution in [1.82, 2.24) is 9.79 Å². The minimum Gasteiger partial charge on any atom is -0.457 e. The Morgan fingerprint density at radius 1 is 0.970 bits per heavy atom. The first-order valence-electron chi connectivity index (χ1n) is 10.4. The summed E-state index contributed by atoms with van der Waals surface area (Å²) in [5.74, 6) is 0.345. The first-order valence-corrected chi connectivity index (χ1v) is 11.8. The Labute approximate surface area is 193 Å². The first-order chi connectivity index (χ1) is 15.8. The largest absolute Gasteiger partial charge is 0.457 e. The van der Waals surface area contributed by atoms with Crippen molar-refractivity contribution < 1.29 is 23.2 Å². The predicted octanol–water partition coefficient (Wildman–Crippen LogP) is 3.17. The SMILES string of the molecule is CN(C)c1ccc(Oc2ccc(S(=O)(=O)N3Cc4ccccc4C[C@@H]3C(=O)NO)cc2)cc1. The number of amides is 1. The normalized spacial score (nSPS) is 16.0. The highest BCUT2D eigenvalue weighted by Crippen LogP contribution is 2.31. The Balaban J connectivity index is 1.57. The molecule has 172 valence electrons. The maximum absolute atomic E-state index is 13.4. The summed E-state index contributed by atoms with van der Waals surface area (Å²) in [4.78, 5) is 14.3. The van der Waals surface area contributed by atoms with E-state index in [1.165, 1.54) is 12.1 Å². The standard InChI is InChI=1S/C24H25N3O5S/c1-26(2)19-7-9-20(10-8-19)32-21-11-13-22(14-12-21)33(30,31)27-16-18-6-4-3-5-17(18)15-23(27)24(28)25-29/h3-14,23,29H,15-16H2,1-2H3,(H,25,28)/t23-/m1/s1. The van der Waals surface area contributed by atoms with Crippen LogP contribution in [-0.2, 0) is 27.8 Å². The number of hydroxylamine groups is 1. The van der Waals surface area contributed by atoms with Crippen molar-refractivity contribution in [2.24, 2.45) is 0 Å². The molecule has 0 spiro atoms. The van der Waals surface area contributed by atoms with E-state index in [-0.39, 0.29) is 17.9 Å². The van der Waals surface area contributed by atoms with Crippen LogP contribution in [0.4, 0.5) is 5.69 Å². The maximum Gasteiger partial charge on any atom is 0.262 e. The van der Waals surface area contributed by atoms with Gasteiger partial charge >= 0.3 is 0 Å². The minimum atomic E-state index is -4.01. The summed E-state index contributed by atoms with van der Waals surface area (Å²) >= 11 is 0. The molecule has 1 aliphatic heterocycles. The highest BCUT2D eigenvalue weighted by atomic mass is 32.2. The number of carbonyl (C=O) groups is 1. The lowest BCUT2D eigenvalue weighted by Crippen LogP contribution is -2.51. The number of nitrogens with one attached hydrogen (secondary N) is 1. The van der Waals surface area contributed by atoms with Crippen LogP contribution in [0.25, 0.3) is 0 Å². The third-order valence-corrected chi connectivity index (χ3v) is 7.51. The average molecular weight is 468 g/mol. The highest BCUT2D eigenvalue weighted by Gasteiger charge is 2.39. The number of fused-ring (bicyclic) bond motifs is 1. The molecule has 2 N–H and O–H groups in total. The van der Waals surface area contributed by atoms with Gasteiger partial charge in [-0.15, -0.1) is 0 Å². The fourth-order valence-corrected chi connectivity index (χ4v) is 5.38. The molecule has 0 saturated heterocycles. The number of hydrogen-bond donors (Lipinski definition) is 2. The van der Waals surface area contributed by atoms with Gasteiger partial charge in [0.15, 0.2) is 0 Å². The molecule has 8 nitrogen and oxygen atoms in total. The zero-order valence-corrected chi connectivity index (χ0v) is 19.1. The van der Waals surface area contributed by atoms with Crippen molar-refractivity contribution >= 4 is 21.6 Å². The molecule has 1 amide bonds. The molecule has 0 aliphatic carbocycles. The molecule has 0 fully saturated rings. The zero-order chi connectivity index (χ0) is 23.6. The Kier molecular flexibility index (Phi) is 6.37. The molecule has 0 unspecified atom stereocenters. The van der Waals surface area contributed by atoms with E-state index >= 15 is 0 Å². The second kappa shape index (κ2) is 9.22. The number of nitrogens with zero attached hydrogens (tertiary/aromatic N) is 2. The van der Waals surface area contributed by atoms with Gasteiger partial charge in [0.2, 0.25) is 10.0 Å². The Hall–Kier alpha value is -3.40. The molecule has 1 atom stereocenters. The lowest BCUT2D eigenvalue weighted by Gasteiger charge is -2.34. The van der Waals surface area contributed by atoms with Gasteiger partial charge in [-0.25, -0.2) is 13.9 Å². The summed E-state index contributed by atoms with van der Waals surface area (Å²) in [6.45, 7) is 0.0348. The Morgan fingerprint density at radius 2 is 1.55 bits per heavy atom. The maximum atomic E-state index is 13.4. The van der Waals surface area contributed by atoms with Crippen molar-refractivity contribution in [3.8, 4) is 11.5 Å². The summed E-state index contributed by atoms with van der Waals surface area (Å²) in [6, 6.07) is 19.9. The van der Waals surface area contributed by atoms with Gasteiger partial charge in [0.1, 0.15) is 17.5 Å². The lowest BCUT2D eigenvalue weighted by molar-refractivity contribution is -0.133. The van der Waals surface area contributed by atoms with E-state index in [2.05, 4.69) is 0 Å². The molecule has 0 bridgehead atoms. The van der Waals surface area contributed by atoms with Crippen LogP contribution in [-0.4, -0.2) is 44.0 Å². The van der Waals surface area contributed by atoms with Gasteiger partial charge < -0.3 is 9.64 Å². The molecule has 3 aromatic carbocycles. The minimum absolute atomic E-state index is 0.0348. The number of anilines is 1. The van der Waals surface area contributed by atoms with E-state index in [1.54, 1.807) is 17.6 Å². The third-order valence-electron chi connectivity index (χ3n) is 5.64. The third kappa shape index (κ3) is 4.70. The number of sulfonamides is 1. The monoisotopic (exact) mass is 467 g/mol. The van der Waals surface area contributed by atoms with E-state index in [9.17, 15) is 18.4 Å². The van der Waals surface area contributed by atoms with Crippen LogP contribution in [0.15, 0.2) is 77.7 Å². The van der Waals surface area contributed by atoms with Gasteiger partial charge in [-0.05, 0) is 66.1 Å².